The smallest absolute Gasteiger partial charge is 0.360 e. The molecule has 0 saturated carbocycles. The maximum absolute atomic E-state index is 11.4. The van der Waals surface area contributed by atoms with Crippen molar-refractivity contribution in [3.05, 3.63) is 41.6 Å². The van der Waals surface area contributed by atoms with Gasteiger partial charge in [0.25, 0.3) is 0 Å². The van der Waals surface area contributed by atoms with Crippen LogP contribution in [0.5, 0.6) is 0 Å². The third-order valence-electron chi connectivity index (χ3n) is 2.39. The van der Waals surface area contributed by atoms with Crippen LogP contribution in [0.25, 0.3) is 11.3 Å². The number of carbonyl (C=O) groups excluding carboxylic acids is 1. The minimum Gasteiger partial charge on any atom is -0.478 e. The lowest BCUT2D eigenvalue weighted by molar-refractivity contribution is 0.0514. The average molecular weight is 261 g/mol. The summed E-state index contributed by atoms with van der Waals surface area (Å²) in [5.41, 5.74) is 0.715. The lowest BCUT2D eigenvalue weighted by Gasteiger charge is -1.97. The number of aromatic carboxylic acids is 1. The van der Waals surface area contributed by atoms with Gasteiger partial charge in [-0.25, -0.2) is 9.59 Å². The molecule has 19 heavy (non-hydrogen) atoms. The molecule has 0 aliphatic carbocycles. The lowest BCUT2D eigenvalue weighted by Crippen LogP contribution is -2.04. The van der Waals surface area contributed by atoms with Gasteiger partial charge in [-0.3, -0.25) is 0 Å². The van der Waals surface area contributed by atoms with E-state index in [1.165, 1.54) is 18.2 Å². The van der Waals surface area contributed by atoms with Crippen molar-refractivity contribution < 1.29 is 24.0 Å². The highest BCUT2D eigenvalue weighted by Gasteiger charge is 2.15. The summed E-state index contributed by atoms with van der Waals surface area (Å²) in [5.74, 6) is -1.30. The van der Waals surface area contributed by atoms with Crippen molar-refractivity contribution >= 4 is 11.9 Å². The Kier molecular flexibility index (Phi) is 3.61. The third-order valence-corrected chi connectivity index (χ3v) is 2.39. The first-order chi connectivity index (χ1) is 9.11. The molecule has 0 fully saturated rings. The van der Waals surface area contributed by atoms with E-state index in [9.17, 15) is 9.59 Å². The topological polar surface area (TPSA) is 89.6 Å². The van der Waals surface area contributed by atoms with E-state index >= 15 is 0 Å². The summed E-state index contributed by atoms with van der Waals surface area (Å²) in [4.78, 5) is 22.3. The van der Waals surface area contributed by atoms with Gasteiger partial charge in [-0.15, -0.1) is 0 Å². The fraction of sp³-hybridized carbons (Fsp3) is 0.154. The van der Waals surface area contributed by atoms with Crippen LogP contribution in [0, 0.1) is 0 Å². The van der Waals surface area contributed by atoms with Crippen molar-refractivity contribution in [2.75, 3.05) is 6.61 Å². The number of ether oxygens (including phenoxy) is 1. The molecule has 2 rings (SSSR count). The number of nitrogens with zero attached hydrogens (tertiary/aromatic N) is 1. The molecule has 0 radical (unpaired) electrons. The Labute approximate surface area is 108 Å². The molecule has 0 amide bonds. The Morgan fingerprint density at radius 2 is 2.16 bits per heavy atom. The zero-order chi connectivity index (χ0) is 13.8. The Hall–Kier alpha value is -2.63. The second-order valence-electron chi connectivity index (χ2n) is 3.68. The van der Waals surface area contributed by atoms with Gasteiger partial charge in [-0.05, 0) is 19.1 Å². The second-order valence-corrected chi connectivity index (χ2v) is 3.68. The average Bonchev–Trinajstić information content (AvgIpc) is 2.89. The minimum absolute atomic E-state index is 0.0533. The van der Waals surface area contributed by atoms with Gasteiger partial charge in [0.1, 0.15) is 0 Å². The van der Waals surface area contributed by atoms with Gasteiger partial charge in [0.15, 0.2) is 11.5 Å². The van der Waals surface area contributed by atoms with Crippen LogP contribution in [0.4, 0.5) is 0 Å². The molecule has 1 aromatic carbocycles. The van der Waals surface area contributed by atoms with Gasteiger partial charge in [0.2, 0.25) is 0 Å². The first-order valence-corrected chi connectivity index (χ1v) is 5.59. The first-order valence-electron chi connectivity index (χ1n) is 5.59. The maximum atomic E-state index is 11.4. The van der Waals surface area contributed by atoms with E-state index in [-0.39, 0.29) is 17.9 Å². The number of rotatable bonds is 4. The van der Waals surface area contributed by atoms with Crippen LogP contribution < -0.4 is 0 Å². The van der Waals surface area contributed by atoms with Crippen molar-refractivity contribution in [1.82, 2.24) is 5.16 Å². The molecule has 1 heterocycles. The van der Waals surface area contributed by atoms with Crippen LogP contribution in [0.15, 0.2) is 34.9 Å². The summed E-state index contributed by atoms with van der Waals surface area (Å²) in [6.45, 7) is 1.94. The number of carboxylic acids is 1. The highest BCUT2D eigenvalue weighted by Crippen LogP contribution is 2.21. The van der Waals surface area contributed by atoms with Gasteiger partial charge in [0, 0.05) is 11.6 Å². The molecule has 0 bridgehead atoms. The predicted octanol–water partition coefficient (Wildman–Crippen LogP) is 2.22. The molecule has 1 aromatic heterocycles. The maximum Gasteiger partial charge on any atom is 0.360 e. The van der Waals surface area contributed by atoms with Gasteiger partial charge in [-0.2, -0.15) is 0 Å². The lowest BCUT2D eigenvalue weighted by atomic mass is 10.1. The second kappa shape index (κ2) is 5.34. The zero-order valence-corrected chi connectivity index (χ0v) is 10.1. The van der Waals surface area contributed by atoms with E-state index in [0.717, 1.165) is 0 Å². The number of aromatic nitrogens is 1. The number of hydrogen-bond acceptors (Lipinski definition) is 5. The van der Waals surface area contributed by atoms with Crippen molar-refractivity contribution in [3.63, 3.8) is 0 Å². The number of esters is 1. The summed E-state index contributed by atoms with van der Waals surface area (Å²) < 4.78 is 9.79. The molecule has 0 aliphatic heterocycles. The Bertz CT molecular complexity index is 617. The minimum atomic E-state index is -1.04. The molecular formula is C13H11NO5. The molecule has 98 valence electrons. The van der Waals surface area contributed by atoms with Crippen molar-refractivity contribution in [1.29, 1.82) is 0 Å². The molecule has 0 aliphatic rings. The van der Waals surface area contributed by atoms with Crippen molar-refractivity contribution in [2.45, 2.75) is 6.92 Å². The zero-order valence-electron chi connectivity index (χ0n) is 10.1. The van der Waals surface area contributed by atoms with Gasteiger partial charge >= 0.3 is 11.9 Å². The van der Waals surface area contributed by atoms with Crippen LogP contribution in [-0.4, -0.2) is 28.8 Å². The number of carbonyl (C=O) groups is 2. The SMILES string of the molecule is CCOC(=O)c1cc(-c2cccc(C(=O)O)c2)on1. The predicted molar refractivity (Wildman–Crippen MR) is 64.9 cm³/mol. The third kappa shape index (κ3) is 2.79. The monoisotopic (exact) mass is 261 g/mol. The summed E-state index contributed by atoms with van der Waals surface area (Å²) in [6, 6.07) is 7.58. The van der Waals surface area contributed by atoms with E-state index < -0.39 is 11.9 Å². The van der Waals surface area contributed by atoms with E-state index in [2.05, 4.69) is 5.16 Å². The quantitative estimate of drug-likeness (QED) is 0.848. The van der Waals surface area contributed by atoms with Gasteiger partial charge < -0.3 is 14.4 Å². The molecule has 0 spiro atoms. The van der Waals surface area contributed by atoms with Crippen LogP contribution in [-0.2, 0) is 4.74 Å². The highest BCUT2D eigenvalue weighted by molar-refractivity contribution is 5.90. The number of hydrogen-bond donors (Lipinski definition) is 1. The Morgan fingerprint density at radius 1 is 1.37 bits per heavy atom. The molecule has 1 N–H and O–H groups in total. The number of carboxylic acid groups (broad SMARTS) is 1. The van der Waals surface area contributed by atoms with Crippen LogP contribution in [0.2, 0.25) is 0 Å². The van der Waals surface area contributed by atoms with Crippen LogP contribution in [0.1, 0.15) is 27.8 Å². The molecule has 2 aromatic rings. The molecular weight excluding hydrogens is 250 g/mol. The van der Waals surface area contributed by atoms with Crippen LogP contribution in [0.3, 0.4) is 0 Å². The fourth-order valence-corrected chi connectivity index (χ4v) is 1.52. The Morgan fingerprint density at radius 3 is 2.84 bits per heavy atom. The Balaban J connectivity index is 2.30. The van der Waals surface area contributed by atoms with E-state index in [0.29, 0.717) is 11.3 Å². The molecule has 0 unspecified atom stereocenters. The first kappa shape index (κ1) is 12.8. The largest absolute Gasteiger partial charge is 0.478 e. The molecule has 0 saturated heterocycles. The summed E-state index contributed by atoms with van der Waals surface area (Å²) in [7, 11) is 0. The van der Waals surface area contributed by atoms with Crippen molar-refractivity contribution in [3.8, 4) is 11.3 Å². The molecule has 6 nitrogen and oxygen atoms in total. The van der Waals surface area contributed by atoms with E-state index in [1.54, 1.807) is 19.1 Å². The summed E-state index contributed by atoms with van der Waals surface area (Å²) in [5, 5.41) is 12.5. The number of benzene rings is 1. The normalized spacial score (nSPS) is 10.2. The highest BCUT2D eigenvalue weighted by atomic mass is 16.5. The molecule has 6 heteroatoms. The fourth-order valence-electron chi connectivity index (χ4n) is 1.52. The van der Waals surface area contributed by atoms with E-state index in [4.69, 9.17) is 14.4 Å². The van der Waals surface area contributed by atoms with Crippen molar-refractivity contribution in [2.24, 2.45) is 0 Å². The van der Waals surface area contributed by atoms with Crippen LogP contribution >= 0.6 is 0 Å². The standard InChI is InChI=1S/C13H11NO5/c1-2-18-13(17)10-7-11(19-14-10)8-4-3-5-9(6-8)12(15)16/h3-7H,2H2,1H3,(H,15,16). The van der Waals surface area contributed by atoms with Gasteiger partial charge in [-0.1, -0.05) is 17.3 Å². The van der Waals surface area contributed by atoms with Gasteiger partial charge in [0.05, 0.1) is 12.2 Å². The summed E-state index contributed by atoms with van der Waals surface area (Å²) >= 11 is 0. The van der Waals surface area contributed by atoms with E-state index in [1.807, 2.05) is 0 Å². The molecule has 0 atom stereocenters. The summed E-state index contributed by atoms with van der Waals surface area (Å²) in [6.07, 6.45) is 0.